The number of hydrogen-bond donors (Lipinski definition) is 1. The Kier molecular flexibility index (Phi) is 4.33. The third-order valence-corrected chi connectivity index (χ3v) is 5.08. The van der Waals surface area contributed by atoms with E-state index >= 15 is 0 Å². The molecule has 1 unspecified atom stereocenters. The van der Waals surface area contributed by atoms with Gasteiger partial charge in [-0.1, -0.05) is 34.1 Å². The summed E-state index contributed by atoms with van der Waals surface area (Å²) in [5.74, 6) is 0. The molecule has 0 aliphatic carbocycles. The van der Waals surface area contributed by atoms with Crippen LogP contribution in [-0.2, 0) is 13.5 Å². The van der Waals surface area contributed by atoms with Gasteiger partial charge in [0.15, 0.2) is 0 Å². The largest absolute Gasteiger partial charge is 0.324 e. The number of aryl methyl sites for hydroxylation is 1. The molecule has 3 nitrogen and oxygen atoms in total. The Morgan fingerprint density at radius 3 is 2.86 bits per heavy atom. The van der Waals surface area contributed by atoms with Gasteiger partial charge in [0.2, 0.25) is 0 Å². The van der Waals surface area contributed by atoms with Crippen LogP contribution >= 0.6 is 38.5 Å². The first-order valence-electron chi connectivity index (χ1n) is 6.67. The van der Waals surface area contributed by atoms with Crippen LogP contribution < -0.4 is 5.73 Å². The van der Waals surface area contributed by atoms with E-state index < -0.39 is 0 Å². The van der Waals surface area contributed by atoms with Gasteiger partial charge in [0.25, 0.3) is 0 Å². The lowest BCUT2D eigenvalue weighted by Crippen LogP contribution is -2.15. The Bertz CT molecular complexity index is 797. The highest BCUT2D eigenvalue weighted by molar-refractivity contribution is 14.1. The highest BCUT2D eigenvalue weighted by Gasteiger charge is 2.15. The van der Waals surface area contributed by atoms with Crippen molar-refractivity contribution in [3.8, 4) is 0 Å². The van der Waals surface area contributed by atoms with Crippen LogP contribution in [0.5, 0.6) is 0 Å². The molecular formula is C16H15BrIN3. The van der Waals surface area contributed by atoms with Crippen LogP contribution in [-0.4, -0.2) is 9.78 Å². The molecule has 0 aliphatic heterocycles. The van der Waals surface area contributed by atoms with Crippen LogP contribution in [0, 0.1) is 3.57 Å². The van der Waals surface area contributed by atoms with Crippen molar-refractivity contribution < 1.29 is 0 Å². The molecule has 1 heterocycles. The Hall–Kier alpha value is -0.920. The van der Waals surface area contributed by atoms with Crippen molar-refractivity contribution in [1.82, 2.24) is 9.78 Å². The number of aromatic nitrogens is 2. The standard InChI is InChI=1S/C16H15BrIN3/c1-21-16-5-3-2-4-11(16)15(20-21)9-14(19)12-8-10(17)6-7-13(12)18/h2-8,14H,9,19H2,1H3. The Balaban J connectivity index is 1.96. The Morgan fingerprint density at radius 1 is 1.29 bits per heavy atom. The number of fused-ring (bicyclic) bond motifs is 1. The van der Waals surface area contributed by atoms with Crippen LogP contribution in [0.2, 0.25) is 0 Å². The van der Waals surface area contributed by atoms with Gasteiger partial charge in [-0.2, -0.15) is 5.10 Å². The van der Waals surface area contributed by atoms with Crippen LogP contribution in [0.25, 0.3) is 10.9 Å². The number of benzene rings is 2. The molecular weight excluding hydrogens is 441 g/mol. The van der Waals surface area contributed by atoms with Crippen LogP contribution in [0.4, 0.5) is 0 Å². The summed E-state index contributed by atoms with van der Waals surface area (Å²) in [6.07, 6.45) is 0.730. The molecule has 0 saturated carbocycles. The smallest absolute Gasteiger partial charge is 0.0722 e. The fourth-order valence-corrected chi connectivity index (χ4v) is 3.67. The SMILES string of the molecule is Cn1nc(CC(N)c2cc(Br)ccc2I)c2ccccc21. The summed E-state index contributed by atoms with van der Waals surface area (Å²) in [6.45, 7) is 0. The topological polar surface area (TPSA) is 43.8 Å². The average Bonchev–Trinajstić information content (AvgIpc) is 2.78. The molecule has 3 aromatic rings. The van der Waals surface area contributed by atoms with E-state index in [1.54, 1.807) is 0 Å². The van der Waals surface area contributed by atoms with Crippen LogP contribution in [0.15, 0.2) is 46.9 Å². The molecule has 1 aromatic heterocycles. The second-order valence-electron chi connectivity index (χ2n) is 5.06. The fraction of sp³-hybridized carbons (Fsp3) is 0.188. The Morgan fingerprint density at radius 2 is 2.05 bits per heavy atom. The van der Waals surface area contributed by atoms with Crippen molar-refractivity contribution in [2.45, 2.75) is 12.5 Å². The van der Waals surface area contributed by atoms with Crippen molar-refractivity contribution in [3.63, 3.8) is 0 Å². The first kappa shape index (κ1) is 15.0. The summed E-state index contributed by atoms with van der Waals surface area (Å²) in [7, 11) is 1.97. The normalized spacial score (nSPS) is 12.8. The molecule has 0 spiro atoms. The zero-order valence-electron chi connectivity index (χ0n) is 11.6. The van der Waals surface area contributed by atoms with Crippen molar-refractivity contribution in [2.75, 3.05) is 0 Å². The monoisotopic (exact) mass is 455 g/mol. The molecule has 0 radical (unpaired) electrons. The lowest BCUT2D eigenvalue weighted by Gasteiger charge is -2.13. The molecule has 0 amide bonds. The minimum Gasteiger partial charge on any atom is -0.324 e. The summed E-state index contributed by atoms with van der Waals surface area (Å²) in [5, 5.41) is 5.81. The van der Waals surface area contributed by atoms with Gasteiger partial charge in [-0.25, -0.2) is 0 Å². The Labute approximate surface area is 145 Å². The molecule has 2 N–H and O–H groups in total. The summed E-state index contributed by atoms with van der Waals surface area (Å²) >= 11 is 5.85. The molecule has 0 saturated heterocycles. The van der Waals surface area contributed by atoms with E-state index in [-0.39, 0.29) is 6.04 Å². The number of hydrogen-bond acceptors (Lipinski definition) is 2. The third kappa shape index (κ3) is 3.00. The van der Waals surface area contributed by atoms with Gasteiger partial charge in [-0.05, 0) is 52.4 Å². The van der Waals surface area contributed by atoms with E-state index in [2.05, 4.69) is 67.9 Å². The van der Waals surface area contributed by atoms with Crippen molar-refractivity contribution in [2.24, 2.45) is 12.8 Å². The lowest BCUT2D eigenvalue weighted by atomic mass is 10.0. The number of nitrogens with zero attached hydrogens (tertiary/aromatic N) is 2. The van der Waals surface area contributed by atoms with Gasteiger partial charge in [0, 0.05) is 32.9 Å². The number of rotatable bonds is 3. The fourth-order valence-electron chi connectivity index (χ4n) is 2.56. The number of halogens is 2. The summed E-state index contributed by atoms with van der Waals surface area (Å²) in [4.78, 5) is 0. The molecule has 3 rings (SSSR count). The maximum Gasteiger partial charge on any atom is 0.0722 e. The van der Waals surface area contributed by atoms with E-state index in [0.29, 0.717) is 0 Å². The highest BCUT2D eigenvalue weighted by atomic mass is 127. The quantitative estimate of drug-likeness (QED) is 0.602. The van der Waals surface area contributed by atoms with Gasteiger partial charge < -0.3 is 5.73 Å². The number of nitrogens with two attached hydrogens (primary N) is 1. The van der Waals surface area contributed by atoms with Gasteiger partial charge >= 0.3 is 0 Å². The predicted octanol–water partition coefficient (Wildman–Crippen LogP) is 4.18. The molecule has 0 bridgehead atoms. The predicted molar refractivity (Wildman–Crippen MR) is 98.2 cm³/mol. The maximum absolute atomic E-state index is 6.42. The molecule has 2 aromatic carbocycles. The van der Waals surface area contributed by atoms with Crippen LogP contribution in [0.1, 0.15) is 17.3 Å². The van der Waals surface area contributed by atoms with E-state index in [0.717, 1.165) is 27.7 Å². The summed E-state index contributed by atoms with van der Waals surface area (Å²) < 4.78 is 4.16. The van der Waals surface area contributed by atoms with E-state index in [1.807, 2.05) is 29.9 Å². The molecule has 1 atom stereocenters. The van der Waals surface area contributed by atoms with Gasteiger partial charge in [-0.15, -0.1) is 0 Å². The van der Waals surface area contributed by atoms with Crippen molar-refractivity contribution >= 4 is 49.4 Å². The minimum atomic E-state index is -0.0623. The van der Waals surface area contributed by atoms with E-state index in [9.17, 15) is 0 Å². The van der Waals surface area contributed by atoms with Crippen molar-refractivity contribution in [1.29, 1.82) is 0 Å². The second kappa shape index (κ2) is 6.06. The van der Waals surface area contributed by atoms with Gasteiger partial charge in [0.1, 0.15) is 0 Å². The third-order valence-electron chi connectivity index (χ3n) is 3.61. The summed E-state index contributed by atoms with van der Waals surface area (Å²) in [6, 6.07) is 14.4. The molecule has 0 aliphatic rings. The molecule has 5 heteroatoms. The van der Waals surface area contributed by atoms with E-state index in [1.165, 1.54) is 8.96 Å². The highest BCUT2D eigenvalue weighted by Crippen LogP contribution is 2.27. The molecule has 108 valence electrons. The minimum absolute atomic E-state index is 0.0623. The first-order chi connectivity index (χ1) is 10.1. The van der Waals surface area contributed by atoms with Gasteiger partial charge in [0.05, 0.1) is 11.2 Å². The lowest BCUT2D eigenvalue weighted by molar-refractivity contribution is 0.679. The number of para-hydroxylation sites is 1. The molecule has 0 fully saturated rings. The zero-order valence-corrected chi connectivity index (χ0v) is 15.3. The molecule has 21 heavy (non-hydrogen) atoms. The van der Waals surface area contributed by atoms with Gasteiger partial charge in [-0.3, -0.25) is 4.68 Å². The second-order valence-corrected chi connectivity index (χ2v) is 7.14. The van der Waals surface area contributed by atoms with Crippen LogP contribution in [0.3, 0.4) is 0 Å². The van der Waals surface area contributed by atoms with Crippen molar-refractivity contribution in [3.05, 3.63) is 61.8 Å². The zero-order chi connectivity index (χ0) is 15.0. The average molecular weight is 456 g/mol. The van der Waals surface area contributed by atoms with E-state index in [4.69, 9.17) is 5.73 Å². The maximum atomic E-state index is 6.42. The summed E-state index contributed by atoms with van der Waals surface area (Å²) in [5.41, 5.74) is 9.77. The first-order valence-corrected chi connectivity index (χ1v) is 8.54.